The van der Waals surface area contributed by atoms with Gasteiger partial charge in [-0.2, -0.15) is 4.31 Å². The van der Waals surface area contributed by atoms with E-state index in [9.17, 15) is 8.42 Å². The number of aryl methyl sites for hydroxylation is 1. The van der Waals surface area contributed by atoms with E-state index >= 15 is 0 Å². The summed E-state index contributed by atoms with van der Waals surface area (Å²) in [7, 11) is -3.52. The number of sulfonamides is 1. The van der Waals surface area contributed by atoms with E-state index in [4.69, 9.17) is 11.1 Å². The van der Waals surface area contributed by atoms with Crippen molar-refractivity contribution in [2.24, 2.45) is 11.7 Å². The Morgan fingerprint density at radius 1 is 1.37 bits per heavy atom. The van der Waals surface area contributed by atoms with Gasteiger partial charge < -0.3 is 5.73 Å². The van der Waals surface area contributed by atoms with Crippen LogP contribution in [0.2, 0.25) is 0 Å². The highest BCUT2D eigenvalue weighted by atomic mass is 32.2. The molecular weight excluding hydrogens is 262 g/mol. The Morgan fingerprint density at radius 3 is 2.32 bits per heavy atom. The second kappa shape index (κ2) is 6.16. The molecule has 1 aromatic rings. The molecule has 19 heavy (non-hydrogen) atoms. The van der Waals surface area contributed by atoms with Crippen molar-refractivity contribution in [1.82, 2.24) is 4.31 Å². The zero-order chi connectivity index (χ0) is 14.6. The van der Waals surface area contributed by atoms with Gasteiger partial charge in [-0.1, -0.05) is 31.5 Å². The first kappa shape index (κ1) is 15.7. The van der Waals surface area contributed by atoms with Crippen molar-refractivity contribution in [3.8, 4) is 0 Å². The van der Waals surface area contributed by atoms with E-state index in [1.165, 1.54) is 4.31 Å². The van der Waals surface area contributed by atoms with Crippen LogP contribution in [-0.4, -0.2) is 31.6 Å². The predicted octanol–water partition coefficient (Wildman–Crippen LogP) is 1.58. The van der Waals surface area contributed by atoms with E-state index in [1.54, 1.807) is 38.1 Å². The van der Waals surface area contributed by atoms with Crippen LogP contribution in [0.4, 0.5) is 0 Å². The highest BCUT2D eigenvalue weighted by molar-refractivity contribution is 7.89. The molecule has 0 spiro atoms. The van der Waals surface area contributed by atoms with Crippen molar-refractivity contribution in [1.29, 1.82) is 5.41 Å². The molecule has 1 aromatic carbocycles. The van der Waals surface area contributed by atoms with Crippen molar-refractivity contribution in [3.05, 3.63) is 29.8 Å². The first-order valence-corrected chi connectivity index (χ1v) is 7.63. The summed E-state index contributed by atoms with van der Waals surface area (Å²) in [5.74, 6) is -0.294. The molecule has 1 unspecified atom stereocenters. The van der Waals surface area contributed by atoms with Crippen LogP contribution in [0.3, 0.4) is 0 Å². The zero-order valence-electron chi connectivity index (χ0n) is 11.6. The molecule has 0 bridgehead atoms. The number of rotatable bonds is 6. The van der Waals surface area contributed by atoms with Crippen molar-refractivity contribution in [3.63, 3.8) is 0 Å². The van der Waals surface area contributed by atoms with Crippen LogP contribution in [0.25, 0.3) is 0 Å². The smallest absolute Gasteiger partial charge is 0.243 e. The maximum Gasteiger partial charge on any atom is 0.243 e. The molecule has 0 saturated carbocycles. The van der Waals surface area contributed by atoms with Crippen molar-refractivity contribution >= 4 is 15.9 Å². The lowest BCUT2D eigenvalue weighted by Gasteiger charge is -2.23. The summed E-state index contributed by atoms with van der Waals surface area (Å²) >= 11 is 0. The monoisotopic (exact) mass is 283 g/mol. The lowest BCUT2D eigenvalue weighted by Crippen LogP contribution is -2.38. The van der Waals surface area contributed by atoms with Crippen molar-refractivity contribution < 1.29 is 8.42 Å². The van der Waals surface area contributed by atoms with Crippen LogP contribution in [-0.2, 0) is 10.0 Å². The van der Waals surface area contributed by atoms with Gasteiger partial charge in [0.1, 0.15) is 0 Å². The molecule has 3 N–H and O–H groups in total. The lowest BCUT2D eigenvalue weighted by atomic mass is 10.1. The van der Waals surface area contributed by atoms with E-state index < -0.39 is 10.0 Å². The quantitative estimate of drug-likeness (QED) is 0.613. The summed E-state index contributed by atoms with van der Waals surface area (Å²) in [6.45, 7) is 6.01. The molecule has 0 aliphatic rings. The number of benzene rings is 1. The average Bonchev–Trinajstić information content (AvgIpc) is 2.35. The number of amidine groups is 1. The Bertz CT molecular complexity index is 538. The predicted molar refractivity (Wildman–Crippen MR) is 76.7 cm³/mol. The Kier molecular flexibility index (Phi) is 5.08. The molecular formula is C13H21N3O2S. The van der Waals surface area contributed by atoms with Gasteiger partial charge in [0.2, 0.25) is 10.0 Å². The van der Waals surface area contributed by atoms with Gasteiger partial charge in [-0.15, -0.1) is 0 Å². The molecule has 0 aliphatic carbocycles. The molecule has 106 valence electrons. The van der Waals surface area contributed by atoms with Crippen molar-refractivity contribution in [2.45, 2.75) is 25.7 Å². The first-order valence-electron chi connectivity index (χ1n) is 6.19. The molecule has 0 aliphatic heterocycles. The minimum atomic E-state index is -3.52. The SMILES string of the molecule is CCN(CC(C)C(=N)N)S(=O)(=O)c1ccc(C)cc1. The first-order chi connectivity index (χ1) is 8.78. The summed E-state index contributed by atoms with van der Waals surface area (Å²) in [5, 5.41) is 7.36. The van der Waals surface area contributed by atoms with E-state index in [-0.39, 0.29) is 23.2 Å². The van der Waals surface area contributed by atoms with Gasteiger partial charge in [-0.05, 0) is 19.1 Å². The number of hydrogen-bond acceptors (Lipinski definition) is 3. The molecule has 6 heteroatoms. The summed E-state index contributed by atoms with van der Waals surface area (Å²) in [6, 6.07) is 6.75. The molecule has 1 rings (SSSR count). The van der Waals surface area contributed by atoms with E-state index in [1.807, 2.05) is 6.92 Å². The van der Waals surface area contributed by atoms with Crippen LogP contribution >= 0.6 is 0 Å². The van der Waals surface area contributed by atoms with Crippen LogP contribution in [0.15, 0.2) is 29.2 Å². The topological polar surface area (TPSA) is 87.2 Å². The van der Waals surface area contributed by atoms with Gasteiger partial charge >= 0.3 is 0 Å². The average molecular weight is 283 g/mol. The summed E-state index contributed by atoms with van der Waals surface area (Å²) < 4.78 is 26.2. The summed E-state index contributed by atoms with van der Waals surface area (Å²) in [4.78, 5) is 0.274. The molecule has 0 fully saturated rings. The van der Waals surface area contributed by atoms with Crippen LogP contribution in [0.5, 0.6) is 0 Å². The third-order valence-corrected chi connectivity index (χ3v) is 4.97. The molecule has 0 radical (unpaired) electrons. The Hall–Kier alpha value is -1.40. The van der Waals surface area contributed by atoms with E-state index in [0.29, 0.717) is 6.54 Å². The van der Waals surface area contributed by atoms with Crippen LogP contribution in [0, 0.1) is 18.3 Å². The van der Waals surface area contributed by atoms with Crippen LogP contribution in [0.1, 0.15) is 19.4 Å². The highest BCUT2D eigenvalue weighted by Crippen LogP contribution is 2.17. The minimum absolute atomic E-state index is 0.00226. The fraction of sp³-hybridized carbons (Fsp3) is 0.462. The van der Waals surface area contributed by atoms with Gasteiger partial charge in [0, 0.05) is 19.0 Å². The molecule has 1 atom stereocenters. The normalized spacial score (nSPS) is 13.5. The van der Waals surface area contributed by atoms with E-state index in [0.717, 1.165) is 5.56 Å². The number of nitrogens with zero attached hydrogens (tertiary/aromatic N) is 1. The fourth-order valence-electron chi connectivity index (χ4n) is 1.66. The molecule has 0 heterocycles. The van der Waals surface area contributed by atoms with Gasteiger partial charge in [0.25, 0.3) is 0 Å². The van der Waals surface area contributed by atoms with Crippen LogP contribution < -0.4 is 5.73 Å². The Balaban J connectivity index is 3.02. The second-order valence-electron chi connectivity index (χ2n) is 4.63. The lowest BCUT2D eigenvalue weighted by molar-refractivity contribution is 0.403. The Labute approximate surface area is 115 Å². The number of nitrogens with two attached hydrogens (primary N) is 1. The number of nitrogens with one attached hydrogen (secondary N) is 1. The fourth-order valence-corrected chi connectivity index (χ4v) is 3.20. The number of hydrogen-bond donors (Lipinski definition) is 2. The maximum atomic E-state index is 12.4. The van der Waals surface area contributed by atoms with Gasteiger partial charge in [0.05, 0.1) is 10.7 Å². The van der Waals surface area contributed by atoms with E-state index in [2.05, 4.69) is 0 Å². The van der Waals surface area contributed by atoms with Gasteiger partial charge in [0.15, 0.2) is 0 Å². The standard InChI is InChI=1S/C13H21N3O2S/c1-4-16(9-11(3)13(14)15)19(17,18)12-7-5-10(2)6-8-12/h5-8,11H,4,9H2,1-3H3,(H3,14,15). The summed E-state index contributed by atoms with van der Waals surface area (Å²) in [5.41, 5.74) is 6.42. The Morgan fingerprint density at radius 2 is 1.89 bits per heavy atom. The largest absolute Gasteiger partial charge is 0.387 e. The minimum Gasteiger partial charge on any atom is -0.387 e. The van der Waals surface area contributed by atoms with Gasteiger partial charge in [-0.3, -0.25) is 5.41 Å². The second-order valence-corrected chi connectivity index (χ2v) is 6.56. The highest BCUT2D eigenvalue weighted by Gasteiger charge is 2.25. The third kappa shape index (κ3) is 3.78. The molecule has 5 nitrogen and oxygen atoms in total. The third-order valence-electron chi connectivity index (χ3n) is 3.02. The molecule has 0 aromatic heterocycles. The molecule has 0 amide bonds. The summed E-state index contributed by atoms with van der Waals surface area (Å²) in [6.07, 6.45) is 0. The molecule has 0 saturated heterocycles. The van der Waals surface area contributed by atoms with Crippen molar-refractivity contribution in [2.75, 3.05) is 13.1 Å². The van der Waals surface area contributed by atoms with Gasteiger partial charge in [-0.25, -0.2) is 8.42 Å². The zero-order valence-corrected chi connectivity index (χ0v) is 12.4. The maximum absolute atomic E-state index is 12.4.